The van der Waals surface area contributed by atoms with Crippen molar-refractivity contribution in [3.05, 3.63) is 234 Å². The Labute approximate surface area is 353 Å². The second kappa shape index (κ2) is 12.3. The quantitative estimate of drug-likeness (QED) is 0.168. The van der Waals surface area contributed by atoms with Crippen LogP contribution in [-0.4, -0.2) is 4.57 Å². The van der Waals surface area contributed by atoms with E-state index in [1.807, 2.05) is 11.3 Å². The molecule has 0 fully saturated rings. The Morgan fingerprint density at radius 1 is 0.417 bits per heavy atom. The van der Waals surface area contributed by atoms with Crippen molar-refractivity contribution in [1.82, 2.24) is 4.57 Å². The molecule has 0 amide bonds. The van der Waals surface area contributed by atoms with Crippen LogP contribution in [0.15, 0.2) is 200 Å². The Kier molecular flexibility index (Phi) is 6.94. The zero-order valence-corrected chi connectivity index (χ0v) is 34.2. The van der Waals surface area contributed by atoms with Crippen molar-refractivity contribution >= 4 is 53.3 Å². The van der Waals surface area contributed by atoms with Gasteiger partial charge >= 0.3 is 0 Å². The smallest absolute Gasteiger partial charge is 0.0713 e. The molecule has 0 radical (unpaired) electrons. The molecule has 60 heavy (non-hydrogen) atoms. The van der Waals surface area contributed by atoms with Gasteiger partial charge in [0.15, 0.2) is 0 Å². The molecule has 0 saturated carbocycles. The lowest BCUT2D eigenvalue weighted by Crippen LogP contribution is -2.28. The van der Waals surface area contributed by atoms with Crippen LogP contribution in [0.25, 0.3) is 81.0 Å². The van der Waals surface area contributed by atoms with Crippen molar-refractivity contribution in [3.8, 4) is 39.1 Å². The van der Waals surface area contributed by atoms with Crippen LogP contribution >= 0.6 is 11.3 Å². The molecule has 0 atom stereocenters. The number of fused-ring (bicyclic) bond motifs is 13. The molecule has 2 aliphatic rings. The first-order valence-electron chi connectivity index (χ1n) is 21.0. The fraction of sp³-hybridized carbons (Fsp3) is 0.0690. The van der Waals surface area contributed by atoms with Crippen LogP contribution in [0.3, 0.4) is 0 Å². The average molecular weight is 782 g/mol. The van der Waals surface area contributed by atoms with Gasteiger partial charge in [-0.25, -0.2) is 0 Å². The first kappa shape index (κ1) is 33.9. The fourth-order valence-electron chi connectivity index (χ4n) is 11.3. The van der Waals surface area contributed by atoms with Crippen LogP contribution < -0.4 is 0 Å². The van der Waals surface area contributed by atoms with Gasteiger partial charge in [0.05, 0.1) is 26.8 Å². The van der Waals surface area contributed by atoms with Crippen LogP contribution in [0.2, 0.25) is 0 Å². The lowest BCUT2D eigenvalue weighted by molar-refractivity contribution is 0.661. The van der Waals surface area contributed by atoms with E-state index in [9.17, 15) is 0 Å². The van der Waals surface area contributed by atoms with Gasteiger partial charge in [-0.2, -0.15) is 0 Å². The normalized spacial score (nSPS) is 14.4. The molecule has 2 heterocycles. The number of aromatic nitrogens is 1. The van der Waals surface area contributed by atoms with E-state index in [-0.39, 0.29) is 5.41 Å². The molecule has 13 rings (SSSR count). The number of thiophene rings is 1. The van der Waals surface area contributed by atoms with Crippen LogP contribution in [0.4, 0.5) is 0 Å². The predicted octanol–water partition coefficient (Wildman–Crippen LogP) is 15.5. The Morgan fingerprint density at radius 2 is 1.05 bits per heavy atom. The van der Waals surface area contributed by atoms with Gasteiger partial charge < -0.3 is 4.57 Å². The summed E-state index contributed by atoms with van der Waals surface area (Å²) in [6.45, 7) is 4.75. The number of hydrogen-bond acceptors (Lipinski definition) is 1. The van der Waals surface area contributed by atoms with E-state index in [2.05, 4.69) is 219 Å². The molecule has 282 valence electrons. The van der Waals surface area contributed by atoms with Gasteiger partial charge in [0, 0.05) is 31.7 Å². The lowest BCUT2D eigenvalue weighted by Gasteiger charge is -2.34. The third kappa shape index (κ3) is 4.36. The lowest BCUT2D eigenvalue weighted by atomic mass is 9.67. The third-order valence-electron chi connectivity index (χ3n) is 13.9. The summed E-state index contributed by atoms with van der Waals surface area (Å²) in [6, 6.07) is 75.2. The first-order valence-corrected chi connectivity index (χ1v) is 21.8. The number of para-hydroxylation sites is 1. The van der Waals surface area contributed by atoms with E-state index in [4.69, 9.17) is 0 Å². The third-order valence-corrected chi connectivity index (χ3v) is 15.1. The highest BCUT2D eigenvalue weighted by atomic mass is 32.1. The average Bonchev–Trinajstić information content (AvgIpc) is 4.01. The molecule has 2 aromatic heterocycles. The molecule has 2 aliphatic carbocycles. The second-order valence-corrected chi connectivity index (χ2v) is 18.2. The Hall–Kier alpha value is -7.00. The van der Waals surface area contributed by atoms with Crippen molar-refractivity contribution in [3.63, 3.8) is 0 Å². The largest absolute Gasteiger partial charge is 0.308 e. The highest BCUT2D eigenvalue weighted by Crippen LogP contribution is 2.57. The zero-order valence-electron chi connectivity index (χ0n) is 33.4. The Balaban J connectivity index is 1.01. The van der Waals surface area contributed by atoms with Crippen molar-refractivity contribution in [2.45, 2.75) is 24.7 Å². The molecule has 2 heteroatoms. The van der Waals surface area contributed by atoms with Gasteiger partial charge in [-0.05, 0) is 103 Å². The van der Waals surface area contributed by atoms with E-state index in [0.29, 0.717) is 0 Å². The minimum atomic E-state index is -0.432. The van der Waals surface area contributed by atoms with E-state index in [1.54, 1.807) is 0 Å². The van der Waals surface area contributed by atoms with Crippen LogP contribution in [0.1, 0.15) is 47.2 Å². The van der Waals surface area contributed by atoms with Crippen LogP contribution in [0.5, 0.6) is 0 Å². The Morgan fingerprint density at radius 3 is 1.85 bits per heavy atom. The number of nitrogens with zero attached hydrogens (tertiary/aromatic N) is 1. The monoisotopic (exact) mass is 781 g/mol. The maximum absolute atomic E-state index is 2.53. The zero-order chi connectivity index (χ0) is 39.7. The molecule has 0 saturated heterocycles. The van der Waals surface area contributed by atoms with Crippen LogP contribution in [0, 0.1) is 0 Å². The first-order chi connectivity index (χ1) is 29.5. The van der Waals surface area contributed by atoms with Crippen molar-refractivity contribution < 1.29 is 0 Å². The molecular formula is C58H39NS. The van der Waals surface area contributed by atoms with E-state index in [1.165, 1.54) is 114 Å². The fourth-order valence-corrected chi connectivity index (χ4v) is 12.5. The molecule has 9 aromatic carbocycles. The minimum absolute atomic E-state index is 0.0556. The van der Waals surface area contributed by atoms with E-state index in [0.717, 1.165) is 0 Å². The SMILES string of the molecule is CC1(C)c2ccccc2-c2c1ccc1c2c2ccccc2n1-c1cccc2c1sc1ccc(-c3ccc4c(c3)C(c3ccccc3)(c3ccccc3)c3ccccc3-4)cc12. The Bertz CT molecular complexity index is 3530. The highest BCUT2D eigenvalue weighted by Gasteiger charge is 2.46. The van der Waals surface area contributed by atoms with Crippen molar-refractivity contribution in [2.24, 2.45) is 0 Å². The van der Waals surface area contributed by atoms with Crippen molar-refractivity contribution in [2.75, 3.05) is 0 Å². The summed E-state index contributed by atoms with van der Waals surface area (Å²) < 4.78 is 5.14. The molecular weight excluding hydrogens is 743 g/mol. The summed E-state index contributed by atoms with van der Waals surface area (Å²) in [6.07, 6.45) is 0. The number of rotatable bonds is 4. The maximum atomic E-state index is 2.53. The molecule has 1 nitrogen and oxygen atoms in total. The molecule has 0 bridgehead atoms. The summed E-state index contributed by atoms with van der Waals surface area (Å²) in [5.41, 5.74) is 19.1. The summed E-state index contributed by atoms with van der Waals surface area (Å²) in [5, 5.41) is 5.25. The molecule has 0 N–H and O–H groups in total. The van der Waals surface area contributed by atoms with E-state index < -0.39 is 5.41 Å². The molecule has 0 spiro atoms. The van der Waals surface area contributed by atoms with Gasteiger partial charge in [0.1, 0.15) is 0 Å². The van der Waals surface area contributed by atoms with Gasteiger partial charge in [-0.15, -0.1) is 11.3 Å². The molecule has 0 aliphatic heterocycles. The molecule has 11 aromatic rings. The number of hydrogen-bond donors (Lipinski definition) is 0. The minimum Gasteiger partial charge on any atom is -0.308 e. The highest BCUT2D eigenvalue weighted by molar-refractivity contribution is 7.26. The maximum Gasteiger partial charge on any atom is 0.0713 e. The van der Waals surface area contributed by atoms with Crippen molar-refractivity contribution in [1.29, 1.82) is 0 Å². The predicted molar refractivity (Wildman–Crippen MR) is 254 cm³/mol. The van der Waals surface area contributed by atoms with Crippen LogP contribution in [-0.2, 0) is 10.8 Å². The topological polar surface area (TPSA) is 4.93 Å². The van der Waals surface area contributed by atoms with E-state index >= 15 is 0 Å². The summed E-state index contributed by atoms with van der Waals surface area (Å²) in [7, 11) is 0. The number of benzene rings is 9. The summed E-state index contributed by atoms with van der Waals surface area (Å²) in [4.78, 5) is 0. The second-order valence-electron chi connectivity index (χ2n) is 17.2. The van der Waals surface area contributed by atoms with Gasteiger partial charge in [-0.1, -0.05) is 178 Å². The molecule has 0 unspecified atom stereocenters. The summed E-state index contributed by atoms with van der Waals surface area (Å²) in [5.74, 6) is 0. The van der Waals surface area contributed by atoms with Gasteiger partial charge in [0.2, 0.25) is 0 Å². The van der Waals surface area contributed by atoms with Gasteiger partial charge in [-0.3, -0.25) is 0 Å². The standard InChI is InChI=1S/C58H39NS/c1-57(2)46-24-12-10-21-43(46)54-48(57)31-32-51-55(54)44-22-11-14-26-50(44)59(51)52-27-15-23-42-45-34-36(29-33-53(45)60-56(42)52)37-28-30-41-40-20-9-13-25-47(40)58(49(41)35-37,38-16-5-3-6-17-38)39-18-7-4-8-19-39/h3-35H,1-2H3. The van der Waals surface area contributed by atoms with Gasteiger partial charge in [0.25, 0.3) is 0 Å². The summed E-state index contributed by atoms with van der Waals surface area (Å²) >= 11 is 1.91.